The number of hydrogen-bond acceptors (Lipinski definition) is 8. The first-order chi connectivity index (χ1) is 20.7. The van der Waals surface area contributed by atoms with Crippen LogP contribution in [-0.4, -0.2) is 65.8 Å². The summed E-state index contributed by atoms with van der Waals surface area (Å²) in [6.07, 6.45) is 0.985. The second kappa shape index (κ2) is 17.4. The third-order valence-corrected chi connectivity index (χ3v) is 6.50. The lowest BCUT2D eigenvalue weighted by atomic mass is 10.0. The topological polar surface area (TPSA) is 213 Å². The van der Waals surface area contributed by atoms with Gasteiger partial charge in [0, 0.05) is 43.1 Å². The number of unbranched alkanes of at least 4 members (excludes halogenated alkanes) is 1. The number of fused-ring (bicyclic) bond motifs is 1. The second-order valence-corrected chi connectivity index (χ2v) is 10.9. The monoisotopic (exact) mass is 615 g/mol. The molecule has 0 unspecified atom stereocenters. The Morgan fingerprint density at radius 1 is 0.886 bits per heavy atom. The predicted octanol–water partition coefficient (Wildman–Crippen LogP) is 1.34. The minimum Gasteiger partial charge on any atom is -0.481 e. The summed E-state index contributed by atoms with van der Waals surface area (Å²) in [7, 11) is 0. The van der Waals surface area contributed by atoms with Crippen molar-refractivity contribution in [1.82, 2.24) is 21.3 Å². The van der Waals surface area contributed by atoms with E-state index in [1.54, 1.807) is 19.1 Å². The van der Waals surface area contributed by atoms with Crippen molar-refractivity contribution in [2.24, 2.45) is 5.92 Å². The number of carbonyl (C=O) groups excluding carboxylic acids is 5. The van der Waals surface area contributed by atoms with Gasteiger partial charge in [-0.15, -0.1) is 0 Å². The van der Waals surface area contributed by atoms with Crippen LogP contribution in [0, 0.1) is 12.8 Å². The van der Waals surface area contributed by atoms with Gasteiger partial charge in [-0.1, -0.05) is 13.8 Å². The fourth-order valence-corrected chi connectivity index (χ4v) is 4.40. The quantitative estimate of drug-likeness (QED) is 0.112. The molecule has 0 radical (unpaired) electrons. The van der Waals surface area contributed by atoms with Gasteiger partial charge in [0.15, 0.2) is 0 Å². The molecule has 14 nitrogen and oxygen atoms in total. The minimum absolute atomic E-state index is 0.105. The molecule has 5 amide bonds. The molecule has 44 heavy (non-hydrogen) atoms. The molecule has 0 aliphatic carbocycles. The number of rotatable bonds is 17. The summed E-state index contributed by atoms with van der Waals surface area (Å²) in [4.78, 5) is 84.4. The first kappa shape index (κ1) is 35.4. The highest BCUT2D eigenvalue weighted by atomic mass is 16.4. The molecule has 2 atom stereocenters. The molecule has 0 saturated carbocycles. The molecule has 0 aliphatic heterocycles. The van der Waals surface area contributed by atoms with Crippen molar-refractivity contribution in [3.8, 4) is 0 Å². The summed E-state index contributed by atoms with van der Waals surface area (Å²) in [6.45, 7) is 6.66. The van der Waals surface area contributed by atoms with Crippen LogP contribution < -0.4 is 32.2 Å². The molecular formula is C30H41N5O9. The van der Waals surface area contributed by atoms with Gasteiger partial charge in [-0.05, 0) is 56.2 Å². The Hall–Kier alpha value is -4.75. The maximum absolute atomic E-state index is 13.2. The number of carboxylic acid groups (broad SMARTS) is 1. The van der Waals surface area contributed by atoms with Crippen LogP contribution in [0.25, 0.3) is 11.0 Å². The van der Waals surface area contributed by atoms with Gasteiger partial charge >= 0.3 is 11.6 Å². The highest BCUT2D eigenvalue weighted by molar-refractivity contribution is 5.99. The van der Waals surface area contributed by atoms with Crippen LogP contribution in [0.1, 0.15) is 64.9 Å². The third-order valence-electron chi connectivity index (χ3n) is 6.50. The van der Waals surface area contributed by atoms with E-state index in [1.165, 1.54) is 19.1 Å². The molecule has 2 aromatic rings. The summed E-state index contributed by atoms with van der Waals surface area (Å²) >= 11 is 0. The van der Waals surface area contributed by atoms with Gasteiger partial charge in [-0.25, -0.2) is 4.79 Å². The van der Waals surface area contributed by atoms with E-state index in [2.05, 4.69) is 26.6 Å². The Morgan fingerprint density at radius 2 is 1.61 bits per heavy atom. The van der Waals surface area contributed by atoms with Crippen LogP contribution in [0.4, 0.5) is 5.69 Å². The van der Waals surface area contributed by atoms with Crippen LogP contribution in [0.2, 0.25) is 0 Å². The van der Waals surface area contributed by atoms with E-state index in [0.29, 0.717) is 35.9 Å². The summed E-state index contributed by atoms with van der Waals surface area (Å²) in [5, 5.41) is 22.4. The summed E-state index contributed by atoms with van der Waals surface area (Å²) in [5.74, 6) is -3.47. The number of nitrogens with one attached hydrogen (secondary N) is 5. The SMILES string of the molecule is CC(=O)N[C@@H](CC(C)C)C(=O)NCC(=O)N[C@@H](CCCCNC(=O)CCC(=O)O)C(=O)Nc1ccc2c(C)cc(=O)oc2c1. The van der Waals surface area contributed by atoms with Gasteiger partial charge in [0.25, 0.3) is 0 Å². The molecular weight excluding hydrogens is 574 g/mol. The zero-order valence-electron chi connectivity index (χ0n) is 25.4. The van der Waals surface area contributed by atoms with E-state index in [1.807, 2.05) is 13.8 Å². The van der Waals surface area contributed by atoms with E-state index in [0.717, 1.165) is 0 Å². The number of carbonyl (C=O) groups is 6. The zero-order chi connectivity index (χ0) is 32.8. The highest BCUT2D eigenvalue weighted by Crippen LogP contribution is 2.21. The van der Waals surface area contributed by atoms with Gasteiger partial charge in [-0.2, -0.15) is 0 Å². The molecule has 1 aromatic carbocycles. The Balaban J connectivity index is 2.06. The highest BCUT2D eigenvalue weighted by Gasteiger charge is 2.24. The molecule has 0 aliphatic rings. The van der Waals surface area contributed by atoms with Crippen LogP contribution in [-0.2, 0) is 28.8 Å². The van der Waals surface area contributed by atoms with Crippen LogP contribution in [0.5, 0.6) is 0 Å². The molecule has 0 fully saturated rings. The van der Waals surface area contributed by atoms with Crippen molar-refractivity contribution >= 4 is 52.2 Å². The van der Waals surface area contributed by atoms with Crippen molar-refractivity contribution in [1.29, 1.82) is 0 Å². The van der Waals surface area contributed by atoms with Gasteiger partial charge in [0.2, 0.25) is 29.5 Å². The van der Waals surface area contributed by atoms with E-state index in [-0.39, 0.29) is 43.2 Å². The van der Waals surface area contributed by atoms with Gasteiger partial charge < -0.3 is 36.1 Å². The molecule has 0 saturated heterocycles. The van der Waals surface area contributed by atoms with Crippen LogP contribution in [0.3, 0.4) is 0 Å². The fourth-order valence-electron chi connectivity index (χ4n) is 4.40. The maximum Gasteiger partial charge on any atom is 0.336 e. The lowest BCUT2D eigenvalue weighted by Gasteiger charge is -2.21. The molecule has 2 rings (SSSR count). The van der Waals surface area contributed by atoms with Crippen molar-refractivity contribution < 1.29 is 38.3 Å². The largest absolute Gasteiger partial charge is 0.481 e. The first-order valence-corrected chi connectivity index (χ1v) is 14.4. The lowest BCUT2D eigenvalue weighted by molar-refractivity contribution is -0.138. The normalized spacial score (nSPS) is 12.2. The zero-order valence-corrected chi connectivity index (χ0v) is 25.4. The summed E-state index contributed by atoms with van der Waals surface area (Å²) < 4.78 is 5.24. The smallest absolute Gasteiger partial charge is 0.336 e. The van der Waals surface area contributed by atoms with E-state index < -0.39 is 53.9 Å². The Morgan fingerprint density at radius 3 is 2.27 bits per heavy atom. The van der Waals surface area contributed by atoms with Gasteiger partial charge in [0.1, 0.15) is 17.7 Å². The predicted molar refractivity (Wildman–Crippen MR) is 162 cm³/mol. The number of amides is 5. The fraction of sp³-hybridized carbons (Fsp3) is 0.500. The molecule has 6 N–H and O–H groups in total. The second-order valence-electron chi connectivity index (χ2n) is 10.9. The summed E-state index contributed by atoms with van der Waals surface area (Å²) in [5.41, 5.74) is 0.798. The summed E-state index contributed by atoms with van der Waals surface area (Å²) in [6, 6.07) is 4.36. The van der Waals surface area contributed by atoms with Crippen molar-refractivity contribution in [3.63, 3.8) is 0 Å². The van der Waals surface area contributed by atoms with Crippen molar-refractivity contribution in [2.45, 2.75) is 78.3 Å². The van der Waals surface area contributed by atoms with Gasteiger partial charge in [-0.3, -0.25) is 28.8 Å². The Labute approximate surface area is 254 Å². The van der Waals surface area contributed by atoms with Crippen molar-refractivity contribution in [3.05, 3.63) is 40.2 Å². The van der Waals surface area contributed by atoms with Crippen LogP contribution in [0.15, 0.2) is 33.5 Å². The Kier molecular flexibility index (Phi) is 14.0. The molecule has 14 heteroatoms. The van der Waals surface area contributed by atoms with Crippen LogP contribution >= 0.6 is 0 Å². The number of anilines is 1. The number of aliphatic carboxylic acids is 1. The molecule has 0 bridgehead atoms. The maximum atomic E-state index is 13.2. The molecule has 1 aromatic heterocycles. The van der Waals surface area contributed by atoms with E-state index in [4.69, 9.17) is 9.52 Å². The lowest BCUT2D eigenvalue weighted by Crippen LogP contribution is -2.51. The minimum atomic E-state index is -1.07. The van der Waals surface area contributed by atoms with Crippen molar-refractivity contribution in [2.75, 3.05) is 18.4 Å². The average Bonchev–Trinajstić information content (AvgIpc) is 2.92. The molecule has 0 spiro atoms. The third kappa shape index (κ3) is 12.6. The standard InChI is InChI=1S/C30H41N5O9/c1-17(2)13-23(33-19(4)36)29(42)32-16-26(38)35-22(7-5-6-12-31-25(37)10-11-27(39)40)30(43)34-20-8-9-21-18(3)14-28(41)44-24(21)15-20/h8-9,14-15,17,22-23H,5-7,10-13,16H2,1-4H3,(H,31,37)(H,32,42)(H,33,36)(H,34,43)(H,35,38)(H,39,40)/t22-,23-/m0/s1. The number of aryl methyl sites for hydroxylation is 1. The number of hydrogen-bond donors (Lipinski definition) is 6. The van der Waals surface area contributed by atoms with E-state index in [9.17, 15) is 33.6 Å². The first-order valence-electron chi connectivity index (χ1n) is 14.4. The average molecular weight is 616 g/mol. The Bertz CT molecular complexity index is 1420. The number of carboxylic acids is 1. The molecule has 1 heterocycles. The van der Waals surface area contributed by atoms with E-state index >= 15 is 0 Å². The van der Waals surface area contributed by atoms with Gasteiger partial charge in [0.05, 0.1) is 13.0 Å². The number of benzene rings is 1. The molecule has 240 valence electrons.